The van der Waals surface area contributed by atoms with Crippen LogP contribution in [-0.4, -0.2) is 48.3 Å². The maximum atomic E-state index is 11.6. The number of carbonyl (C=O) groups excluding carboxylic acids is 1. The lowest BCUT2D eigenvalue weighted by atomic mass is 9.98. The lowest BCUT2D eigenvalue weighted by Gasteiger charge is -2.23. The van der Waals surface area contributed by atoms with E-state index in [2.05, 4.69) is 0 Å². The van der Waals surface area contributed by atoms with Crippen LogP contribution in [0, 0.1) is 5.92 Å². The molecule has 2 fully saturated rings. The number of aliphatic hydroxyl groups excluding tert-OH is 1. The summed E-state index contributed by atoms with van der Waals surface area (Å²) in [7, 11) is 0. The van der Waals surface area contributed by atoms with Crippen LogP contribution in [-0.2, 0) is 9.53 Å². The summed E-state index contributed by atoms with van der Waals surface area (Å²) < 4.78 is 5.81. The fourth-order valence-corrected chi connectivity index (χ4v) is 2.75. The molecular formula is C13H23NO3. The zero-order valence-electron chi connectivity index (χ0n) is 10.4. The summed E-state index contributed by atoms with van der Waals surface area (Å²) in [5, 5.41) is 9.02. The van der Waals surface area contributed by atoms with Crippen molar-refractivity contribution >= 4 is 5.91 Å². The summed E-state index contributed by atoms with van der Waals surface area (Å²) in [6, 6.07) is 0. The van der Waals surface area contributed by atoms with E-state index >= 15 is 0 Å². The zero-order chi connectivity index (χ0) is 12.1. The quantitative estimate of drug-likeness (QED) is 0.786. The maximum absolute atomic E-state index is 11.6. The molecule has 0 aromatic carbocycles. The Labute approximate surface area is 103 Å². The van der Waals surface area contributed by atoms with Gasteiger partial charge in [0.25, 0.3) is 0 Å². The summed E-state index contributed by atoms with van der Waals surface area (Å²) in [6.45, 7) is 2.15. The predicted molar refractivity (Wildman–Crippen MR) is 64.6 cm³/mol. The van der Waals surface area contributed by atoms with Gasteiger partial charge >= 0.3 is 0 Å². The fraction of sp³-hybridized carbons (Fsp3) is 0.923. The number of aliphatic hydroxyl groups is 1. The van der Waals surface area contributed by atoms with Crippen molar-refractivity contribution in [2.75, 3.05) is 26.3 Å². The summed E-state index contributed by atoms with van der Waals surface area (Å²) in [4.78, 5) is 13.4. The molecule has 0 aromatic rings. The van der Waals surface area contributed by atoms with Crippen molar-refractivity contribution in [2.24, 2.45) is 5.92 Å². The first-order chi connectivity index (χ1) is 8.29. The Hall–Kier alpha value is -0.610. The molecule has 0 spiro atoms. The average Bonchev–Trinajstić information content (AvgIpc) is 2.72. The van der Waals surface area contributed by atoms with Gasteiger partial charge in [0.2, 0.25) is 5.91 Å². The molecule has 1 saturated heterocycles. The third-order valence-electron chi connectivity index (χ3n) is 3.82. The Morgan fingerprint density at radius 2 is 2.06 bits per heavy atom. The van der Waals surface area contributed by atoms with Gasteiger partial charge in [0.05, 0.1) is 12.7 Å². The number of hydrogen-bond acceptors (Lipinski definition) is 3. The Morgan fingerprint density at radius 1 is 1.29 bits per heavy atom. The number of likely N-dealkylation sites (tertiary alicyclic amines) is 1. The number of rotatable bonds is 5. The summed E-state index contributed by atoms with van der Waals surface area (Å²) in [6.07, 6.45) is 7.15. The molecule has 1 N–H and O–H groups in total. The first kappa shape index (κ1) is 12.8. The third-order valence-corrected chi connectivity index (χ3v) is 3.82. The van der Waals surface area contributed by atoms with Crippen molar-refractivity contribution in [3.63, 3.8) is 0 Å². The molecule has 1 aliphatic carbocycles. The molecule has 4 nitrogen and oxygen atoms in total. The summed E-state index contributed by atoms with van der Waals surface area (Å²) >= 11 is 0. The minimum absolute atomic E-state index is 0.117. The van der Waals surface area contributed by atoms with E-state index in [1.165, 1.54) is 32.1 Å². The molecule has 1 saturated carbocycles. The van der Waals surface area contributed by atoms with Crippen LogP contribution in [0.15, 0.2) is 0 Å². The Balaban J connectivity index is 1.63. The van der Waals surface area contributed by atoms with E-state index in [-0.39, 0.29) is 18.4 Å². The molecule has 1 unspecified atom stereocenters. The normalized spacial score (nSPS) is 26.8. The van der Waals surface area contributed by atoms with Crippen molar-refractivity contribution in [1.29, 1.82) is 0 Å². The minimum atomic E-state index is 0.117. The van der Waals surface area contributed by atoms with Crippen molar-refractivity contribution < 1.29 is 14.6 Å². The predicted octanol–water partition coefficient (Wildman–Crippen LogP) is 1.18. The van der Waals surface area contributed by atoms with E-state index in [9.17, 15) is 4.79 Å². The van der Waals surface area contributed by atoms with Gasteiger partial charge in [-0.1, -0.05) is 19.3 Å². The van der Waals surface area contributed by atoms with Gasteiger partial charge in [-0.15, -0.1) is 0 Å². The number of carbonyl (C=O) groups is 1. The number of hydrogen-bond donors (Lipinski definition) is 1. The van der Waals surface area contributed by atoms with Gasteiger partial charge in [0.1, 0.15) is 0 Å². The van der Waals surface area contributed by atoms with Crippen molar-refractivity contribution in [3.8, 4) is 0 Å². The van der Waals surface area contributed by atoms with Gasteiger partial charge in [0, 0.05) is 32.0 Å². The van der Waals surface area contributed by atoms with Gasteiger partial charge in [0.15, 0.2) is 0 Å². The molecule has 1 atom stereocenters. The highest BCUT2D eigenvalue weighted by Crippen LogP contribution is 2.21. The zero-order valence-corrected chi connectivity index (χ0v) is 10.4. The molecule has 17 heavy (non-hydrogen) atoms. The van der Waals surface area contributed by atoms with Crippen molar-refractivity contribution in [2.45, 2.75) is 44.6 Å². The molecule has 2 rings (SSSR count). The number of ether oxygens (including phenoxy) is 1. The minimum Gasteiger partial charge on any atom is -0.396 e. The van der Waals surface area contributed by atoms with E-state index < -0.39 is 0 Å². The molecule has 0 aromatic heterocycles. The standard InChI is InChI=1S/C13H23NO3/c15-10-11-8-13(16)14(9-11)6-7-17-12-4-2-1-3-5-12/h11-12,15H,1-10H2. The topological polar surface area (TPSA) is 49.8 Å². The monoisotopic (exact) mass is 241 g/mol. The highest BCUT2D eigenvalue weighted by Gasteiger charge is 2.28. The molecule has 1 heterocycles. The number of amides is 1. The van der Waals surface area contributed by atoms with Gasteiger partial charge < -0.3 is 14.7 Å². The fourth-order valence-electron chi connectivity index (χ4n) is 2.75. The average molecular weight is 241 g/mol. The third kappa shape index (κ3) is 3.68. The second-order valence-corrected chi connectivity index (χ2v) is 5.22. The second kappa shape index (κ2) is 6.36. The van der Waals surface area contributed by atoms with Crippen LogP contribution in [0.1, 0.15) is 38.5 Å². The smallest absolute Gasteiger partial charge is 0.223 e. The largest absolute Gasteiger partial charge is 0.396 e. The Morgan fingerprint density at radius 3 is 2.71 bits per heavy atom. The first-order valence-electron chi connectivity index (χ1n) is 6.80. The molecular weight excluding hydrogens is 218 g/mol. The molecule has 0 radical (unpaired) electrons. The van der Waals surface area contributed by atoms with Crippen LogP contribution < -0.4 is 0 Å². The first-order valence-corrected chi connectivity index (χ1v) is 6.80. The van der Waals surface area contributed by atoms with Gasteiger partial charge in [-0.05, 0) is 12.8 Å². The lowest BCUT2D eigenvalue weighted by molar-refractivity contribution is -0.128. The van der Waals surface area contributed by atoms with E-state index in [4.69, 9.17) is 9.84 Å². The highest BCUT2D eigenvalue weighted by atomic mass is 16.5. The van der Waals surface area contributed by atoms with E-state index in [0.717, 1.165) is 0 Å². The molecule has 2 aliphatic rings. The summed E-state index contributed by atoms with van der Waals surface area (Å²) in [5.41, 5.74) is 0. The second-order valence-electron chi connectivity index (χ2n) is 5.22. The van der Waals surface area contributed by atoms with Gasteiger partial charge in [-0.2, -0.15) is 0 Å². The van der Waals surface area contributed by atoms with Crippen LogP contribution >= 0.6 is 0 Å². The van der Waals surface area contributed by atoms with Crippen molar-refractivity contribution in [3.05, 3.63) is 0 Å². The van der Waals surface area contributed by atoms with Gasteiger partial charge in [-0.25, -0.2) is 0 Å². The van der Waals surface area contributed by atoms with Crippen LogP contribution in [0.3, 0.4) is 0 Å². The molecule has 0 bridgehead atoms. The van der Waals surface area contributed by atoms with Crippen LogP contribution in [0.4, 0.5) is 0 Å². The summed E-state index contributed by atoms with van der Waals surface area (Å²) in [5.74, 6) is 0.300. The van der Waals surface area contributed by atoms with E-state index in [1.807, 2.05) is 4.90 Å². The van der Waals surface area contributed by atoms with Crippen LogP contribution in [0.2, 0.25) is 0 Å². The molecule has 1 aliphatic heterocycles. The lowest BCUT2D eigenvalue weighted by Crippen LogP contribution is -2.31. The Bertz CT molecular complexity index is 251. The maximum Gasteiger partial charge on any atom is 0.223 e. The molecule has 98 valence electrons. The SMILES string of the molecule is O=C1CC(CO)CN1CCOC1CCCCC1. The highest BCUT2D eigenvalue weighted by molar-refractivity contribution is 5.78. The van der Waals surface area contributed by atoms with Crippen molar-refractivity contribution in [1.82, 2.24) is 4.90 Å². The number of nitrogens with zero attached hydrogens (tertiary/aromatic N) is 1. The van der Waals surface area contributed by atoms with Crippen LogP contribution in [0.25, 0.3) is 0 Å². The van der Waals surface area contributed by atoms with Crippen LogP contribution in [0.5, 0.6) is 0 Å². The molecule has 4 heteroatoms. The van der Waals surface area contributed by atoms with E-state index in [1.54, 1.807) is 0 Å². The Kier molecular flexibility index (Phi) is 4.80. The molecule has 1 amide bonds. The van der Waals surface area contributed by atoms with E-state index in [0.29, 0.717) is 32.2 Å². The van der Waals surface area contributed by atoms with Gasteiger partial charge in [-0.3, -0.25) is 4.79 Å².